The summed E-state index contributed by atoms with van der Waals surface area (Å²) in [5.41, 5.74) is 8.55. The topological polar surface area (TPSA) is 116 Å². The van der Waals surface area contributed by atoms with Gasteiger partial charge in [-0.15, -0.1) is 0 Å². The van der Waals surface area contributed by atoms with Crippen molar-refractivity contribution in [3.05, 3.63) is 54.5 Å². The van der Waals surface area contributed by atoms with Crippen LogP contribution in [0.5, 0.6) is 0 Å². The molecular weight excluding hydrogens is 446 g/mol. The van der Waals surface area contributed by atoms with Crippen LogP contribution in [-0.2, 0) is 0 Å². The first-order valence-corrected chi connectivity index (χ1v) is 12.6. The van der Waals surface area contributed by atoms with Crippen LogP contribution in [-0.4, -0.2) is 43.0 Å². The van der Waals surface area contributed by atoms with Gasteiger partial charge in [0.25, 0.3) is 0 Å². The van der Waals surface area contributed by atoms with Crippen molar-refractivity contribution in [1.29, 1.82) is 5.41 Å². The van der Waals surface area contributed by atoms with Crippen LogP contribution in [0, 0.1) is 18.3 Å². The first-order valence-electron chi connectivity index (χ1n) is 11.8. The number of aromatic nitrogens is 3. The lowest BCUT2D eigenvalue weighted by molar-refractivity contribution is 0.404. The lowest BCUT2D eigenvalue weighted by Gasteiger charge is -2.36. The molecule has 0 aromatic carbocycles. The highest BCUT2D eigenvalue weighted by Crippen LogP contribution is 2.42. The Kier molecular flexibility index (Phi) is 8.79. The van der Waals surface area contributed by atoms with Gasteiger partial charge in [-0.05, 0) is 75.9 Å². The van der Waals surface area contributed by atoms with E-state index in [-0.39, 0.29) is 10.6 Å². The molecule has 0 radical (unpaired) electrons. The van der Waals surface area contributed by atoms with Gasteiger partial charge >= 0.3 is 0 Å². The molecule has 34 heavy (non-hydrogen) atoms. The van der Waals surface area contributed by atoms with Crippen molar-refractivity contribution in [3.63, 3.8) is 0 Å². The Balaban J connectivity index is 1.70. The van der Waals surface area contributed by atoms with Crippen LogP contribution in [0.2, 0.25) is 0 Å². The predicted octanol–water partition coefficient (Wildman–Crippen LogP) is 4.96. The predicted molar refractivity (Wildman–Crippen MR) is 142 cm³/mol. The summed E-state index contributed by atoms with van der Waals surface area (Å²) in [5, 5.41) is 15.2. The molecule has 0 saturated carbocycles. The first kappa shape index (κ1) is 25.8. The third kappa shape index (κ3) is 6.21. The molecule has 5 N–H and O–H groups in total. The number of nitrogens with one attached hydrogen (secondary N) is 2. The van der Waals surface area contributed by atoms with E-state index in [0.29, 0.717) is 23.7 Å². The smallest absolute Gasteiger partial charge is 0.155 e. The molecule has 2 aromatic heterocycles. The fraction of sp³-hybridized carbons (Fsp3) is 0.480. The SMILES string of the molecule is C=C(N)c1ccc(-n2ccc(C)n2)nc1N1CC(CCCCN/C=C\C(=N)SO)CC1(C)CC. The number of aryl methyl sites for hydroxylation is 1. The van der Waals surface area contributed by atoms with E-state index in [0.717, 1.165) is 68.1 Å². The maximum Gasteiger partial charge on any atom is 0.155 e. The number of rotatable bonds is 11. The maximum absolute atomic E-state index is 8.77. The molecule has 184 valence electrons. The second kappa shape index (κ2) is 11.6. The molecule has 1 aliphatic heterocycles. The molecule has 8 nitrogen and oxygen atoms in total. The second-order valence-electron chi connectivity index (χ2n) is 9.24. The highest BCUT2D eigenvalue weighted by Gasteiger charge is 2.42. The minimum Gasteiger partial charge on any atom is -0.399 e. The minimum absolute atomic E-state index is 0.00380. The van der Waals surface area contributed by atoms with Crippen molar-refractivity contribution in [2.75, 3.05) is 18.0 Å². The molecule has 0 aliphatic carbocycles. The lowest BCUT2D eigenvalue weighted by atomic mass is 9.89. The van der Waals surface area contributed by atoms with Crippen LogP contribution in [0.4, 0.5) is 5.82 Å². The monoisotopic (exact) mass is 483 g/mol. The van der Waals surface area contributed by atoms with Gasteiger partial charge in [-0.1, -0.05) is 19.9 Å². The van der Waals surface area contributed by atoms with Gasteiger partial charge in [-0.3, -0.25) is 5.41 Å². The van der Waals surface area contributed by atoms with E-state index >= 15 is 0 Å². The molecule has 0 bridgehead atoms. The van der Waals surface area contributed by atoms with Gasteiger partial charge in [0.2, 0.25) is 0 Å². The fourth-order valence-electron chi connectivity index (χ4n) is 4.62. The zero-order valence-corrected chi connectivity index (χ0v) is 21.2. The molecule has 1 fully saturated rings. The number of anilines is 1. The summed E-state index contributed by atoms with van der Waals surface area (Å²) in [6, 6.07) is 5.93. The van der Waals surface area contributed by atoms with E-state index in [4.69, 9.17) is 20.7 Å². The molecule has 2 unspecified atom stereocenters. The zero-order valence-electron chi connectivity index (χ0n) is 20.4. The van der Waals surface area contributed by atoms with Crippen LogP contribution in [0.15, 0.2) is 43.3 Å². The van der Waals surface area contributed by atoms with Gasteiger partial charge in [0, 0.05) is 48.1 Å². The average Bonchev–Trinajstić information content (AvgIpc) is 3.41. The van der Waals surface area contributed by atoms with Gasteiger partial charge in [0.1, 0.15) is 10.9 Å². The van der Waals surface area contributed by atoms with Gasteiger partial charge in [0.15, 0.2) is 5.82 Å². The third-order valence-corrected chi connectivity index (χ3v) is 6.97. The molecule has 0 spiro atoms. The molecule has 0 amide bonds. The summed E-state index contributed by atoms with van der Waals surface area (Å²) in [4.78, 5) is 7.45. The molecule has 2 atom stereocenters. The van der Waals surface area contributed by atoms with Crippen LogP contribution in [0.25, 0.3) is 11.5 Å². The Morgan fingerprint density at radius 3 is 2.85 bits per heavy atom. The van der Waals surface area contributed by atoms with Crippen molar-refractivity contribution < 1.29 is 4.55 Å². The lowest BCUT2D eigenvalue weighted by Crippen LogP contribution is -2.41. The largest absolute Gasteiger partial charge is 0.399 e. The van der Waals surface area contributed by atoms with E-state index in [9.17, 15) is 0 Å². The zero-order chi connectivity index (χ0) is 24.7. The number of nitrogens with zero attached hydrogens (tertiary/aromatic N) is 4. The van der Waals surface area contributed by atoms with Crippen molar-refractivity contribution in [2.45, 2.75) is 58.4 Å². The van der Waals surface area contributed by atoms with E-state index in [1.807, 2.05) is 31.3 Å². The summed E-state index contributed by atoms with van der Waals surface area (Å²) in [7, 11) is 0. The van der Waals surface area contributed by atoms with E-state index < -0.39 is 0 Å². The van der Waals surface area contributed by atoms with Gasteiger partial charge in [-0.25, -0.2) is 9.67 Å². The summed E-state index contributed by atoms with van der Waals surface area (Å²) < 4.78 is 10.6. The van der Waals surface area contributed by atoms with E-state index in [1.54, 1.807) is 17.0 Å². The minimum atomic E-state index is 0.00380. The number of hydrogen-bond donors (Lipinski definition) is 4. The molecule has 3 rings (SSSR count). The Morgan fingerprint density at radius 1 is 1.41 bits per heavy atom. The van der Waals surface area contributed by atoms with E-state index in [2.05, 4.69) is 35.7 Å². The molecule has 1 aliphatic rings. The standard InChI is InChI=1S/C25H37N7OS/c1-5-25(4)16-20(8-6-7-13-28-14-11-22(27)34-33)17-31(25)24-21(19(3)26)9-10-23(29-24)32-15-12-18(2)30-32/h9-12,14-15,20,27-28,33H,3,5-8,13,16-17,26H2,1-2,4H3/b14-11-,27-22?. The quantitative estimate of drug-likeness (QED) is 0.154. The summed E-state index contributed by atoms with van der Waals surface area (Å²) in [6.45, 7) is 12.3. The van der Waals surface area contributed by atoms with Crippen molar-refractivity contribution in [2.24, 2.45) is 11.7 Å². The number of unbranched alkanes of at least 4 members (excludes halogenated alkanes) is 1. The van der Waals surface area contributed by atoms with Crippen molar-refractivity contribution >= 4 is 28.6 Å². The Hall–Kier alpha value is -2.78. The summed E-state index contributed by atoms with van der Waals surface area (Å²) in [5.74, 6) is 2.25. The van der Waals surface area contributed by atoms with Crippen LogP contribution >= 0.6 is 12.0 Å². The number of hydrogen-bond acceptors (Lipinski definition) is 8. The van der Waals surface area contributed by atoms with Crippen molar-refractivity contribution in [3.8, 4) is 5.82 Å². The molecule has 3 heterocycles. The normalized spacial score (nSPS) is 20.2. The van der Waals surface area contributed by atoms with Crippen LogP contribution in [0.3, 0.4) is 0 Å². The average molecular weight is 484 g/mol. The molecule has 2 aromatic rings. The summed E-state index contributed by atoms with van der Waals surface area (Å²) >= 11 is 0.442. The van der Waals surface area contributed by atoms with Gasteiger partial charge < -0.3 is 20.5 Å². The molecule has 1 saturated heterocycles. The fourth-order valence-corrected chi connectivity index (χ4v) is 4.75. The Bertz CT molecular complexity index is 1030. The van der Waals surface area contributed by atoms with Crippen molar-refractivity contribution in [1.82, 2.24) is 20.1 Å². The van der Waals surface area contributed by atoms with Crippen LogP contribution in [0.1, 0.15) is 57.2 Å². The molecular formula is C25H37N7OS. The Labute approximate surface area is 207 Å². The highest BCUT2D eigenvalue weighted by molar-refractivity contribution is 8.09. The maximum atomic E-state index is 8.77. The van der Waals surface area contributed by atoms with Gasteiger partial charge in [-0.2, -0.15) is 5.10 Å². The van der Waals surface area contributed by atoms with Crippen LogP contribution < -0.4 is 16.0 Å². The highest BCUT2D eigenvalue weighted by atomic mass is 32.2. The summed E-state index contributed by atoms with van der Waals surface area (Å²) in [6.07, 6.45) is 10.7. The molecule has 9 heteroatoms. The van der Waals surface area contributed by atoms with E-state index in [1.165, 1.54) is 0 Å². The number of pyridine rings is 1. The Morgan fingerprint density at radius 2 is 2.21 bits per heavy atom. The second-order valence-corrected chi connectivity index (χ2v) is 9.86. The number of nitrogens with two attached hydrogens (primary N) is 1. The first-order chi connectivity index (χ1) is 16.3. The third-order valence-electron chi connectivity index (χ3n) is 6.64. The van der Waals surface area contributed by atoms with Gasteiger partial charge in [0.05, 0.1) is 5.69 Å².